The molecule has 1 aliphatic carbocycles. The third-order valence-electron chi connectivity index (χ3n) is 3.60. The molecule has 0 atom stereocenters. The van der Waals surface area contributed by atoms with E-state index in [1.54, 1.807) is 0 Å². The van der Waals surface area contributed by atoms with Gasteiger partial charge in [-0.25, -0.2) is 13.6 Å². The standard InChI is InChI=1S/C13H16BrClN2O3S/c14-11-6-9(21(16,19)20)5-10(12(11)15)13(18)17-7-8-3-1-2-4-8/h5-6,8H,1-4,7H2,(H,17,18)(H2,16,19,20). The summed E-state index contributed by atoms with van der Waals surface area (Å²) < 4.78 is 23.2. The van der Waals surface area contributed by atoms with Crippen molar-refractivity contribution in [3.63, 3.8) is 0 Å². The highest BCUT2D eigenvalue weighted by atomic mass is 79.9. The van der Waals surface area contributed by atoms with Crippen molar-refractivity contribution in [1.29, 1.82) is 0 Å². The second-order valence-electron chi connectivity index (χ2n) is 5.17. The van der Waals surface area contributed by atoms with E-state index in [9.17, 15) is 13.2 Å². The van der Waals surface area contributed by atoms with Gasteiger partial charge in [-0.1, -0.05) is 24.4 Å². The number of sulfonamides is 1. The molecule has 1 aromatic carbocycles. The van der Waals surface area contributed by atoms with Crippen LogP contribution in [0.1, 0.15) is 36.0 Å². The summed E-state index contributed by atoms with van der Waals surface area (Å²) in [5.74, 6) is 0.0932. The molecule has 0 bridgehead atoms. The molecule has 1 aliphatic rings. The third kappa shape index (κ3) is 4.18. The first-order chi connectivity index (χ1) is 9.79. The molecule has 5 nitrogen and oxygen atoms in total. The van der Waals surface area contributed by atoms with Crippen LogP contribution in [0.3, 0.4) is 0 Å². The molecule has 1 aromatic rings. The van der Waals surface area contributed by atoms with E-state index in [1.807, 2.05) is 0 Å². The Balaban J connectivity index is 2.21. The quantitative estimate of drug-likeness (QED) is 0.821. The lowest BCUT2D eigenvalue weighted by Gasteiger charge is -2.12. The molecule has 8 heteroatoms. The number of benzene rings is 1. The van der Waals surface area contributed by atoms with Gasteiger partial charge in [-0.15, -0.1) is 0 Å². The van der Waals surface area contributed by atoms with Gasteiger partial charge in [-0.3, -0.25) is 4.79 Å². The van der Waals surface area contributed by atoms with Crippen LogP contribution in [-0.4, -0.2) is 20.9 Å². The predicted molar refractivity (Wildman–Crippen MR) is 84.8 cm³/mol. The lowest BCUT2D eigenvalue weighted by Crippen LogP contribution is -2.29. The fourth-order valence-electron chi connectivity index (χ4n) is 2.44. The van der Waals surface area contributed by atoms with E-state index in [4.69, 9.17) is 16.7 Å². The first-order valence-electron chi connectivity index (χ1n) is 6.59. The highest BCUT2D eigenvalue weighted by Crippen LogP contribution is 2.30. The molecule has 2 rings (SSSR count). The molecule has 0 heterocycles. The van der Waals surface area contributed by atoms with Gasteiger partial charge in [0.05, 0.1) is 15.5 Å². The largest absolute Gasteiger partial charge is 0.352 e. The minimum atomic E-state index is -3.90. The summed E-state index contributed by atoms with van der Waals surface area (Å²) in [5.41, 5.74) is 0.105. The monoisotopic (exact) mass is 394 g/mol. The molecule has 1 saturated carbocycles. The number of nitrogens with one attached hydrogen (secondary N) is 1. The van der Waals surface area contributed by atoms with Crippen LogP contribution in [0.5, 0.6) is 0 Å². The number of amides is 1. The van der Waals surface area contributed by atoms with Crippen molar-refractivity contribution in [3.8, 4) is 0 Å². The van der Waals surface area contributed by atoms with Crippen molar-refractivity contribution >= 4 is 43.5 Å². The van der Waals surface area contributed by atoms with Gasteiger partial charge < -0.3 is 5.32 Å². The summed E-state index contributed by atoms with van der Waals surface area (Å²) in [6.45, 7) is 0.576. The van der Waals surface area contributed by atoms with E-state index < -0.39 is 15.9 Å². The number of hydrogen-bond acceptors (Lipinski definition) is 3. The highest BCUT2D eigenvalue weighted by molar-refractivity contribution is 9.10. The summed E-state index contributed by atoms with van der Waals surface area (Å²) in [5, 5.41) is 8.08. The van der Waals surface area contributed by atoms with Crippen molar-refractivity contribution < 1.29 is 13.2 Å². The summed E-state index contributed by atoms with van der Waals surface area (Å²) in [6.07, 6.45) is 4.59. The van der Waals surface area contributed by atoms with Crippen LogP contribution in [0.15, 0.2) is 21.5 Å². The lowest BCUT2D eigenvalue weighted by atomic mass is 10.1. The highest BCUT2D eigenvalue weighted by Gasteiger charge is 2.20. The van der Waals surface area contributed by atoms with E-state index in [2.05, 4.69) is 21.2 Å². The zero-order chi connectivity index (χ0) is 15.6. The summed E-state index contributed by atoms with van der Waals surface area (Å²) in [6, 6.07) is 2.48. The second kappa shape index (κ2) is 6.64. The minimum Gasteiger partial charge on any atom is -0.352 e. The van der Waals surface area contributed by atoms with Gasteiger partial charge in [0.2, 0.25) is 10.0 Å². The van der Waals surface area contributed by atoms with Crippen molar-refractivity contribution in [1.82, 2.24) is 5.32 Å². The van der Waals surface area contributed by atoms with E-state index >= 15 is 0 Å². The second-order valence-corrected chi connectivity index (χ2v) is 7.97. The van der Waals surface area contributed by atoms with Crippen molar-refractivity contribution in [2.24, 2.45) is 11.1 Å². The zero-order valence-electron chi connectivity index (χ0n) is 11.2. The molecule has 0 saturated heterocycles. The zero-order valence-corrected chi connectivity index (χ0v) is 14.4. The number of carbonyl (C=O) groups is 1. The Morgan fingerprint density at radius 1 is 1.38 bits per heavy atom. The smallest absolute Gasteiger partial charge is 0.252 e. The van der Waals surface area contributed by atoms with E-state index in [0.717, 1.165) is 12.8 Å². The van der Waals surface area contributed by atoms with Gasteiger partial charge in [0.25, 0.3) is 5.91 Å². The van der Waals surface area contributed by atoms with Crippen LogP contribution in [0.2, 0.25) is 5.02 Å². The van der Waals surface area contributed by atoms with Crippen LogP contribution < -0.4 is 10.5 Å². The maximum Gasteiger partial charge on any atom is 0.252 e. The van der Waals surface area contributed by atoms with Gasteiger partial charge in [0.15, 0.2) is 0 Å². The first-order valence-corrected chi connectivity index (χ1v) is 9.31. The Morgan fingerprint density at radius 2 is 2.00 bits per heavy atom. The summed E-state index contributed by atoms with van der Waals surface area (Å²) in [7, 11) is -3.90. The van der Waals surface area contributed by atoms with Crippen LogP contribution in [0.4, 0.5) is 0 Å². The molecule has 0 unspecified atom stereocenters. The Morgan fingerprint density at radius 3 is 2.57 bits per heavy atom. The molecule has 0 radical (unpaired) electrons. The molecule has 0 aliphatic heterocycles. The summed E-state index contributed by atoms with van der Waals surface area (Å²) >= 11 is 9.21. The van der Waals surface area contributed by atoms with Crippen molar-refractivity contribution in [2.75, 3.05) is 6.54 Å². The molecule has 1 fully saturated rings. The van der Waals surface area contributed by atoms with Crippen LogP contribution in [0, 0.1) is 5.92 Å². The molecule has 3 N–H and O–H groups in total. The Labute approximate surface area is 137 Å². The number of carbonyl (C=O) groups excluding carboxylic acids is 1. The SMILES string of the molecule is NS(=O)(=O)c1cc(Br)c(Cl)c(C(=O)NCC2CCCC2)c1. The fourth-order valence-corrected chi connectivity index (χ4v) is 3.81. The minimum absolute atomic E-state index is 0.105. The predicted octanol–water partition coefficient (Wildman–Crippen LogP) is 2.67. The molecular formula is C13H16BrClN2O3S. The lowest BCUT2D eigenvalue weighted by molar-refractivity contribution is 0.0947. The molecule has 0 aromatic heterocycles. The molecular weight excluding hydrogens is 380 g/mol. The van der Waals surface area contributed by atoms with Gasteiger partial charge in [-0.2, -0.15) is 0 Å². The maximum atomic E-state index is 12.2. The third-order valence-corrected chi connectivity index (χ3v) is 5.75. The van der Waals surface area contributed by atoms with Crippen molar-refractivity contribution in [3.05, 3.63) is 27.2 Å². The van der Waals surface area contributed by atoms with Crippen LogP contribution >= 0.6 is 27.5 Å². The average Bonchev–Trinajstić information content (AvgIpc) is 2.91. The topological polar surface area (TPSA) is 89.3 Å². The number of halogens is 2. The van der Waals surface area contributed by atoms with Crippen LogP contribution in [0.25, 0.3) is 0 Å². The van der Waals surface area contributed by atoms with Gasteiger partial charge in [0.1, 0.15) is 0 Å². The van der Waals surface area contributed by atoms with E-state index in [-0.39, 0.29) is 15.5 Å². The normalized spacial score (nSPS) is 16.1. The Hall–Kier alpha value is -0.630. The molecule has 1 amide bonds. The average molecular weight is 396 g/mol. The Kier molecular flexibility index (Phi) is 5.29. The van der Waals surface area contributed by atoms with Crippen molar-refractivity contribution in [2.45, 2.75) is 30.6 Å². The maximum absolute atomic E-state index is 12.2. The summed E-state index contributed by atoms with van der Waals surface area (Å²) in [4.78, 5) is 12.1. The number of rotatable bonds is 4. The number of hydrogen-bond donors (Lipinski definition) is 2. The van der Waals surface area contributed by atoms with Crippen LogP contribution in [-0.2, 0) is 10.0 Å². The number of nitrogens with two attached hydrogens (primary N) is 1. The van der Waals surface area contributed by atoms with Gasteiger partial charge in [0, 0.05) is 11.0 Å². The molecule has 21 heavy (non-hydrogen) atoms. The fraction of sp³-hybridized carbons (Fsp3) is 0.462. The van der Waals surface area contributed by atoms with Gasteiger partial charge in [-0.05, 0) is 46.8 Å². The Bertz CT molecular complexity index is 658. The van der Waals surface area contributed by atoms with E-state index in [1.165, 1.54) is 25.0 Å². The van der Waals surface area contributed by atoms with Gasteiger partial charge >= 0.3 is 0 Å². The molecule has 116 valence electrons. The first kappa shape index (κ1) is 16.7. The molecule has 0 spiro atoms. The number of primary sulfonamides is 1. The van der Waals surface area contributed by atoms with E-state index in [0.29, 0.717) is 16.9 Å².